The lowest BCUT2D eigenvalue weighted by molar-refractivity contribution is 0.147. The minimum atomic E-state index is -0.962. The Morgan fingerprint density at radius 3 is 2.56 bits per heavy atom. The molecule has 1 aromatic rings. The normalized spacial score (nSPS) is 11.6. The van der Waals surface area contributed by atoms with E-state index in [9.17, 15) is 9.59 Å². The van der Waals surface area contributed by atoms with Crippen molar-refractivity contribution >= 4 is 23.7 Å². The summed E-state index contributed by atoms with van der Waals surface area (Å²) in [5.74, 6) is 0. The molecule has 0 saturated heterocycles. The van der Waals surface area contributed by atoms with E-state index in [-0.39, 0.29) is 6.61 Å². The zero-order valence-corrected chi connectivity index (χ0v) is 9.11. The van der Waals surface area contributed by atoms with Crippen LogP contribution in [0.15, 0.2) is 30.3 Å². The molecule has 86 valence electrons. The molecule has 0 radical (unpaired) electrons. The fourth-order valence-electron chi connectivity index (χ4n) is 1.04. The molecule has 1 rings (SSSR count). The first-order valence-corrected chi connectivity index (χ1v) is 4.95. The maximum atomic E-state index is 10.9. The van der Waals surface area contributed by atoms with E-state index >= 15 is 0 Å². The number of rotatable bonds is 3. The number of carbonyl (C=O) groups is 2. The van der Waals surface area contributed by atoms with Gasteiger partial charge in [-0.25, -0.2) is 14.9 Å². The van der Waals surface area contributed by atoms with E-state index in [1.807, 2.05) is 30.3 Å². The van der Waals surface area contributed by atoms with Gasteiger partial charge in [0.2, 0.25) is 0 Å². The number of alkyl carbamates (subject to hydrolysis) is 1. The Morgan fingerprint density at radius 2 is 2.00 bits per heavy atom. The van der Waals surface area contributed by atoms with Crippen LogP contribution in [0.5, 0.6) is 0 Å². The molecule has 1 unspecified atom stereocenters. The molecule has 6 heteroatoms. The van der Waals surface area contributed by atoms with Crippen molar-refractivity contribution in [1.82, 2.24) is 5.32 Å². The standard InChI is InChI=1S/C10H11ClN2O3/c11-8(7-4-2-1-3-5-7)6-16-10(15)13-9(12)14/h1-5,8H,6H2,(H3,12,13,14,15). The average molecular weight is 243 g/mol. The highest BCUT2D eigenvalue weighted by Crippen LogP contribution is 2.19. The van der Waals surface area contributed by atoms with Crippen LogP contribution in [0, 0.1) is 0 Å². The molecule has 0 saturated carbocycles. The molecule has 0 aliphatic heterocycles. The maximum absolute atomic E-state index is 10.9. The van der Waals surface area contributed by atoms with Crippen LogP contribution >= 0.6 is 11.6 Å². The Hall–Kier alpha value is -1.75. The third kappa shape index (κ3) is 4.18. The van der Waals surface area contributed by atoms with Gasteiger partial charge in [-0.3, -0.25) is 0 Å². The van der Waals surface area contributed by atoms with Crippen molar-refractivity contribution in [3.63, 3.8) is 0 Å². The molecule has 1 atom stereocenters. The molecule has 0 fully saturated rings. The second-order valence-electron chi connectivity index (χ2n) is 2.97. The van der Waals surface area contributed by atoms with Crippen molar-refractivity contribution in [3.8, 4) is 0 Å². The van der Waals surface area contributed by atoms with Crippen molar-refractivity contribution in [3.05, 3.63) is 35.9 Å². The summed E-state index contributed by atoms with van der Waals surface area (Å²) in [6.45, 7) is -0.0370. The summed E-state index contributed by atoms with van der Waals surface area (Å²) < 4.78 is 4.69. The largest absolute Gasteiger partial charge is 0.447 e. The van der Waals surface area contributed by atoms with Crippen molar-refractivity contribution in [2.75, 3.05) is 6.61 Å². The highest BCUT2D eigenvalue weighted by molar-refractivity contribution is 6.21. The lowest BCUT2D eigenvalue weighted by Crippen LogP contribution is -2.35. The number of imide groups is 1. The minimum absolute atomic E-state index is 0.0370. The first kappa shape index (κ1) is 12.3. The summed E-state index contributed by atoms with van der Waals surface area (Å²) in [5, 5.41) is 1.31. The number of nitrogens with two attached hydrogens (primary N) is 1. The number of halogens is 1. The van der Waals surface area contributed by atoms with E-state index in [0.717, 1.165) is 5.56 Å². The monoisotopic (exact) mass is 242 g/mol. The van der Waals surface area contributed by atoms with Crippen LogP contribution in [0.25, 0.3) is 0 Å². The number of amides is 3. The third-order valence-electron chi connectivity index (χ3n) is 1.75. The van der Waals surface area contributed by atoms with Gasteiger partial charge < -0.3 is 10.5 Å². The smallest absolute Gasteiger partial charge is 0.415 e. The Bertz CT molecular complexity index is 370. The SMILES string of the molecule is NC(=O)NC(=O)OCC(Cl)c1ccccc1. The number of primary amides is 1. The van der Waals surface area contributed by atoms with E-state index in [0.29, 0.717) is 0 Å². The number of alkyl halides is 1. The highest BCUT2D eigenvalue weighted by Gasteiger charge is 2.11. The van der Waals surface area contributed by atoms with Gasteiger partial charge >= 0.3 is 12.1 Å². The number of ether oxygens (including phenoxy) is 1. The molecule has 0 heterocycles. The fourth-order valence-corrected chi connectivity index (χ4v) is 1.25. The van der Waals surface area contributed by atoms with E-state index < -0.39 is 17.5 Å². The molecule has 1 aromatic carbocycles. The molecule has 0 aliphatic carbocycles. The molecule has 16 heavy (non-hydrogen) atoms. The highest BCUT2D eigenvalue weighted by atomic mass is 35.5. The lowest BCUT2D eigenvalue weighted by Gasteiger charge is -2.10. The van der Waals surface area contributed by atoms with Gasteiger partial charge in [-0.2, -0.15) is 0 Å². The van der Waals surface area contributed by atoms with Gasteiger partial charge in [-0.1, -0.05) is 30.3 Å². The second-order valence-corrected chi connectivity index (χ2v) is 3.49. The molecule has 3 N–H and O–H groups in total. The van der Waals surface area contributed by atoms with E-state index in [1.54, 1.807) is 5.32 Å². The zero-order valence-electron chi connectivity index (χ0n) is 8.35. The summed E-state index contributed by atoms with van der Waals surface area (Å²) in [7, 11) is 0. The Labute approximate surface area is 97.5 Å². The molecule has 0 spiro atoms. The molecular formula is C10H11ClN2O3. The molecule has 0 bridgehead atoms. The Morgan fingerprint density at radius 1 is 1.38 bits per heavy atom. The quantitative estimate of drug-likeness (QED) is 0.793. The first-order chi connectivity index (χ1) is 7.59. The topological polar surface area (TPSA) is 81.4 Å². The molecule has 0 aliphatic rings. The van der Waals surface area contributed by atoms with Gasteiger partial charge in [0.15, 0.2) is 0 Å². The number of hydrogen-bond acceptors (Lipinski definition) is 3. The second kappa shape index (κ2) is 5.97. The lowest BCUT2D eigenvalue weighted by atomic mass is 10.2. The third-order valence-corrected chi connectivity index (χ3v) is 2.13. The van der Waals surface area contributed by atoms with E-state index in [4.69, 9.17) is 17.3 Å². The summed E-state index contributed by atoms with van der Waals surface area (Å²) in [6.07, 6.45) is -0.908. The van der Waals surface area contributed by atoms with Crippen LogP contribution < -0.4 is 11.1 Å². The number of carbonyl (C=O) groups excluding carboxylic acids is 2. The molecule has 5 nitrogen and oxygen atoms in total. The summed E-state index contributed by atoms with van der Waals surface area (Å²) in [5.41, 5.74) is 5.56. The van der Waals surface area contributed by atoms with Crippen molar-refractivity contribution < 1.29 is 14.3 Å². The summed E-state index contributed by atoms with van der Waals surface area (Å²) >= 11 is 5.97. The number of hydrogen-bond donors (Lipinski definition) is 2. The van der Waals surface area contributed by atoms with E-state index in [2.05, 4.69) is 4.74 Å². The first-order valence-electron chi connectivity index (χ1n) is 4.52. The van der Waals surface area contributed by atoms with Crippen LogP contribution in [0.2, 0.25) is 0 Å². The van der Waals surface area contributed by atoms with Crippen molar-refractivity contribution in [2.24, 2.45) is 5.73 Å². The fraction of sp³-hybridized carbons (Fsp3) is 0.200. The van der Waals surface area contributed by atoms with Crippen LogP contribution in [0.4, 0.5) is 9.59 Å². The van der Waals surface area contributed by atoms with Crippen molar-refractivity contribution in [2.45, 2.75) is 5.38 Å². The summed E-state index contributed by atoms with van der Waals surface area (Å²) in [6, 6.07) is 8.17. The Kier molecular flexibility index (Phi) is 4.60. The van der Waals surface area contributed by atoms with Gasteiger partial charge in [0.25, 0.3) is 0 Å². The maximum Gasteiger partial charge on any atom is 0.415 e. The zero-order chi connectivity index (χ0) is 12.0. The van der Waals surface area contributed by atoms with Crippen molar-refractivity contribution in [1.29, 1.82) is 0 Å². The van der Waals surface area contributed by atoms with Crippen LogP contribution in [0.1, 0.15) is 10.9 Å². The molecule has 0 aromatic heterocycles. The number of urea groups is 1. The summed E-state index contributed by atoms with van der Waals surface area (Å²) in [4.78, 5) is 21.2. The number of nitrogens with one attached hydrogen (secondary N) is 1. The minimum Gasteiger partial charge on any atom is -0.447 e. The van der Waals surface area contributed by atoms with Gasteiger partial charge in [0.1, 0.15) is 6.61 Å². The van der Waals surface area contributed by atoms with Gasteiger partial charge in [0.05, 0.1) is 5.38 Å². The van der Waals surface area contributed by atoms with Gasteiger partial charge in [0, 0.05) is 0 Å². The predicted molar refractivity (Wildman–Crippen MR) is 59.1 cm³/mol. The Balaban J connectivity index is 2.39. The van der Waals surface area contributed by atoms with Gasteiger partial charge in [-0.05, 0) is 5.56 Å². The molecular weight excluding hydrogens is 232 g/mol. The average Bonchev–Trinajstić information content (AvgIpc) is 2.26. The predicted octanol–water partition coefficient (Wildman–Crippen LogP) is 1.77. The van der Waals surface area contributed by atoms with Crippen LogP contribution in [-0.2, 0) is 4.74 Å². The van der Waals surface area contributed by atoms with Gasteiger partial charge in [-0.15, -0.1) is 11.6 Å². The van der Waals surface area contributed by atoms with Crippen LogP contribution in [0.3, 0.4) is 0 Å². The van der Waals surface area contributed by atoms with E-state index in [1.165, 1.54) is 0 Å². The molecule has 3 amide bonds. The number of benzene rings is 1. The van der Waals surface area contributed by atoms with Crippen LogP contribution in [-0.4, -0.2) is 18.7 Å².